The molecule has 2 aromatic heterocycles. The molecule has 0 unspecified atom stereocenters. The van der Waals surface area contributed by atoms with Gasteiger partial charge in [0.1, 0.15) is 17.8 Å². The number of nitrogen functional groups attached to an aromatic ring is 1. The Morgan fingerprint density at radius 1 is 1.14 bits per heavy atom. The lowest BCUT2D eigenvalue weighted by molar-refractivity contribution is 0.174. The molecule has 2 atom stereocenters. The van der Waals surface area contributed by atoms with Crippen LogP contribution in [0.15, 0.2) is 30.7 Å². The normalized spacial score (nSPS) is 23.2. The highest BCUT2D eigenvalue weighted by atomic mass is 16.7. The molecule has 3 aliphatic heterocycles. The van der Waals surface area contributed by atoms with Crippen molar-refractivity contribution in [3.63, 3.8) is 0 Å². The highest BCUT2D eigenvalue weighted by Gasteiger charge is 2.30. The van der Waals surface area contributed by atoms with Crippen molar-refractivity contribution in [3.8, 4) is 22.6 Å². The molecule has 8 heteroatoms. The number of ether oxygens (including phenoxy) is 3. The van der Waals surface area contributed by atoms with Crippen LogP contribution in [0.4, 0.5) is 5.82 Å². The summed E-state index contributed by atoms with van der Waals surface area (Å²) in [5.41, 5.74) is 9.21. The Hall–Kier alpha value is -2.84. The molecule has 8 nitrogen and oxygen atoms in total. The summed E-state index contributed by atoms with van der Waals surface area (Å²) in [5, 5.41) is 0.896. The van der Waals surface area contributed by atoms with Gasteiger partial charge in [-0.05, 0) is 36.6 Å². The Morgan fingerprint density at radius 3 is 2.93 bits per heavy atom. The van der Waals surface area contributed by atoms with E-state index in [9.17, 15) is 0 Å². The summed E-state index contributed by atoms with van der Waals surface area (Å²) in [6, 6.07) is 5.97. The fourth-order valence-corrected chi connectivity index (χ4v) is 4.54. The molecule has 3 aliphatic rings. The van der Waals surface area contributed by atoms with Gasteiger partial charge in [-0.25, -0.2) is 9.97 Å². The smallest absolute Gasteiger partial charge is 0.231 e. The van der Waals surface area contributed by atoms with Crippen molar-refractivity contribution < 1.29 is 14.2 Å². The van der Waals surface area contributed by atoms with Gasteiger partial charge >= 0.3 is 0 Å². The van der Waals surface area contributed by atoms with Gasteiger partial charge in [0.05, 0.1) is 18.1 Å². The zero-order valence-corrected chi connectivity index (χ0v) is 16.1. The Kier molecular flexibility index (Phi) is 3.88. The summed E-state index contributed by atoms with van der Waals surface area (Å²) >= 11 is 0. The molecule has 150 valence electrons. The molecule has 2 fully saturated rings. The van der Waals surface area contributed by atoms with Gasteiger partial charge < -0.3 is 29.4 Å². The predicted molar refractivity (Wildman–Crippen MR) is 108 cm³/mol. The lowest BCUT2D eigenvalue weighted by Crippen LogP contribution is -2.26. The lowest BCUT2D eigenvalue weighted by Gasteiger charge is -2.15. The largest absolute Gasteiger partial charge is 0.454 e. The van der Waals surface area contributed by atoms with Gasteiger partial charge in [0, 0.05) is 31.4 Å². The lowest BCUT2D eigenvalue weighted by atomic mass is 10.1. The van der Waals surface area contributed by atoms with Crippen molar-refractivity contribution in [1.29, 1.82) is 0 Å². The third-order valence-corrected chi connectivity index (χ3v) is 6.06. The standard InChI is InChI=1S/C21H23N5O3/c22-20-19-16(14-1-2-17-18(5-14)29-12-28-17)9-26(21(19)24-11-23-20)7-13-3-4-25(6-13)8-15-10-27-15/h1-2,5,9,11,13,15H,3-4,6-8,10,12H2,(H2,22,23,24)/t13-,15+/m0/s1. The molecule has 2 N–H and O–H groups in total. The molecule has 0 spiro atoms. The molecule has 1 aromatic carbocycles. The highest BCUT2D eigenvalue weighted by Crippen LogP contribution is 2.39. The van der Waals surface area contributed by atoms with E-state index in [1.165, 1.54) is 6.42 Å². The van der Waals surface area contributed by atoms with Crippen LogP contribution in [0.2, 0.25) is 0 Å². The average Bonchev–Trinajstić information content (AvgIpc) is 3.11. The van der Waals surface area contributed by atoms with Crippen LogP contribution in [0.25, 0.3) is 22.2 Å². The zero-order chi connectivity index (χ0) is 19.4. The third kappa shape index (κ3) is 3.08. The van der Waals surface area contributed by atoms with Crippen LogP contribution in [-0.2, 0) is 11.3 Å². The molecule has 3 aromatic rings. The minimum atomic E-state index is 0.260. The fourth-order valence-electron chi connectivity index (χ4n) is 4.54. The van der Waals surface area contributed by atoms with Gasteiger partial charge in [0.25, 0.3) is 0 Å². The number of rotatable bonds is 5. The number of nitrogens with zero attached hydrogens (tertiary/aromatic N) is 4. The number of aromatic nitrogens is 3. The number of epoxide rings is 1. The van der Waals surface area contributed by atoms with E-state index in [0.717, 1.165) is 66.4 Å². The second-order valence-corrected chi connectivity index (χ2v) is 8.09. The monoisotopic (exact) mass is 393 g/mol. The van der Waals surface area contributed by atoms with Gasteiger partial charge in [0.15, 0.2) is 11.5 Å². The number of fused-ring (bicyclic) bond motifs is 2. The van der Waals surface area contributed by atoms with E-state index in [1.807, 2.05) is 18.2 Å². The van der Waals surface area contributed by atoms with Crippen molar-refractivity contribution >= 4 is 16.9 Å². The molecule has 2 saturated heterocycles. The first kappa shape index (κ1) is 17.1. The maximum absolute atomic E-state index is 6.27. The average molecular weight is 393 g/mol. The van der Waals surface area contributed by atoms with Crippen LogP contribution in [0.1, 0.15) is 6.42 Å². The van der Waals surface area contributed by atoms with Crippen LogP contribution in [0.5, 0.6) is 11.5 Å². The van der Waals surface area contributed by atoms with Crippen molar-refractivity contribution in [2.75, 3.05) is 38.8 Å². The number of anilines is 1. The van der Waals surface area contributed by atoms with Gasteiger partial charge in [-0.15, -0.1) is 0 Å². The quantitative estimate of drug-likeness (QED) is 0.664. The van der Waals surface area contributed by atoms with Crippen LogP contribution in [-0.4, -0.2) is 58.6 Å². The summed E-state index contributed by atoms with van der Waals surface area (Å²) in [7, 11) is 0. The van der Waals surface area contributed by atoms with E-state index in [0.29, 0.717) is 17.8 Å². The minimum Gasteiger partial charge on any atom is -0.454 e. The third-order valence-electron chi connectivity index (χ3n) is 6.06. The molecule has 0 saturated carbocycles. The number of likely N-dealkylation sites (tertiary alicyclic amines) is 1. The molecular weight excluding hydrogens is 370 g/mol. The SMILES string of the molecule is Nc1ncnc2c1c(-c1ccc3c(c1)OCO3)cn2C[C@H]1CCN(C[C@@H]2CO2)C1. The maximum atomic E-state index is 6.27. The summed E-state index contributed by atoms with van der Waals surface area (Å²) in [6.07, 6.45) is 5.33. The Bertz CT molecular complexity index is 1080. The van der Waals surface area contributed by atoms with Crippen LogP contribution in [0, 0.1) is 5.92 Å². The van der Waals surface area contributed by atoms with E-state index in [1.54, 1.807) is 6.33 Å². The zero-order valence-electron chi connectivity index (χ0n) is 16.1. The van der Waals surface area contributed by atoms with Gasteiger partial charge in [0.2, 0.25) is 6.79 Å². The minimum absolute atomic E-state index is 0.260. The Morgan fingerprint density at radius 2 is 2.03 bits per heavy atom. The van der Waals surface area contributed by atoms with Gasteiger partial charge in [-0.2, -0.15) is 0 Å². The molecule has 6 rings (SSSR count). The van der Waals surface area contributed by atoms with Crippen LogP contribution < -0.4 is 15.2 Å². The van der Waals surface area contributed by atoms with E-state index < -0.39 is 0 Å². The summed E-state index contributed by atoms with van der Waals surface area (Å²) in [6.45, 7) is 5.38. The van der Waals surface area contributed by atoms with E-state index in [-0.39, 0.29) is 6.79 Å². The molecule has 0 bridgehead atoms. The van der Waals surface area contributed by atoms with Crippen LogP contribution in [0.3, 0.4) is 0 Å². The molecule has 29 heavy (non-hydrogen) atoms. The van der Waals surface area contributed by atoms with E-state index >= 15 is 0 Å². The van der Waals surface area contributed by atoms with Crippen molar-refractivity contribution in [2.24, 2.45) is 5.92 Å². The van der Waals surface area contributed by atoms with E-state index in [2.05, 4.69) is 25.6 Å². The maximum Gasteiger partial charge on any atom is 0.231 e. The van der Waals surface area contributed by atoms with Crippen molar-refractivity contribution in [2.45, 2.75) is 19.1 Å². The number of nitrogens with two attached hydrogens (primary N) is 1. The molecule has 5 heterocycles. The Labute approximate surface area is 168 Å². The predicted octanol–water partition coefficient (Wildman–Crippen LogP) is 2.13. The topological polar surface area (TPSA) is 91.0 Å². The molecule has 0 radical (unpaired) electrons. The second kappa shape index (κ2) is 6.60. The first-order valence-corrected chi connectivity index (χ1v) is 10.1. The van der Waals surface area contributed by atoms with Gasteiger partial charge in [-0.1, -0.05) is 6.07 Å². The molecule has 0 aliphatic carbocycles. The number of benzene rings is 1. The molecule has 0 amide bonds. The summed E-state index contributed by atoms with van der Waals surface area (Å²) < 4.78 is 18.6. The van der Waals surface area contributed by atoms with Crippen molar-refractivity contribution in [1.82, 2.24) is 19.4 Å². The highest BCUT2D eigenvalue weighted by molar-refractivity contribution is 6.00. The summed E-state index contributed by atoms with van der Waals surface area (Å²) in [4.78, 5) is 11.3. The number of hydrogen-bond donors (Lipinski definition) is 1. The summed E-state index contributed by atoms with van der Waals surface area (Å²) in [5.74, 6) is 2.62. The Balaban J connectivity index is 1.34. The second-order valence-electron chi connectivity index (χ2n) is 8.09. The first-order chi connectivity index (χ1) is 14.2. The fraction of sp³-hybridized carbons (Fsp3) is 0.429. The number of hydrogen-bond acceptors (Lipinski definition) is 7. The first-order valence-electron chi connectivity index (χ1n) is 10.1. The van der Waals surface area contributed by atoms with Gasteiger partial charge in [-0.3, -0.25) is 0 Å². The molecular formula is C21H23N5O3. The van der Waals surface area contributed by atoms with E-state index in [4.69, 9.17) is 19.9 Å². The van der Waals surface area contributed by atoms with Crippen molar-refractivity contribution in [3.05, 3.63) is 30.7 Å². The van der Waals surface area contributed by atoms with Crippen LogP contribution >= 0.6 is 0 Å².